The number of anilines is 1. The molecule has 1 fully saturated rings. The molecule has 2 amide bonds. The molecule has 1 aliphatic heterocycles. The van der Waals surface area contributed by atoms with Crippen molar-refractivity contribution in [1.82, 2.24) is 4.90 Å². The Morgan fingerprint density at radius 3 is 2.44 bits per heavy atom. The molecule has 0 atom stereocenters. The van der Waals surface area contributed by atoms with Crippen molar-refractivity contribution in [3.63, 3.8) is 0 Å². The lowest BCUT2D eigenvalue weighted by Gasteiger charge is -2.32. The van der Waals surface area contributed by atoms with Crippen LogP contribution in [0.2, 0.25) is 0 Å². The summed E-state index contributed by atoms with van der Waals surface area (Å²) in [6, 6.07) is 13.6. The molecule has 0 bridgehead atoms. The minimum absolute atomic E-state index is 0.0251. The molecule has 0 aliphatic carbocycles. The van der Waals surface area contributed by atoms with Gasteiger partial charge in [0.15, 0.2) is 6.54 Å². The highest BCUT2D eigenvalue weighted by Gasteiger charge is 2.26. The second-order valence-electron chi connectivity index (χ2n) is 7.38. The monoisotopic (exact) mass is 366 g/mol. The Hall–Kier alpha value is -2.66. The van der Waals surface area contributed by atoms with Crippen LogP contribution in [-0.4, -0.2) is 49.4 Å². The molecule has 0 saturated carbocycles. The van der Waals surface area contributed by atoms with E-state index in [1.54, 1.807) is 0 Å². The third kappa shape index (κ3) is 4.74. The third-order valence-corrected chi connectivity index (χ3v) is 5.31. The molecule has 0 radical (unpaired) electrons. The molecule has 2 aromatic rings. The molecular weight excluding hydrogens is 338 g/mol. The van der Waals surface area contributed by atoms with Crippen LogP contribution in [0.3, 0.4) is 0 Å². The van der Waals surface area contributed by atoms with E-state index in [4.69, 9.17) is 0 Å². The van der Waals surface area contributed by atoms with Gasteiger partial charge in [-0.15, -0.1) is 0 Å². The molecule has 2 N–H and O–H groups in total. The second kappa shape index (κ2) is 8.35. The predicted octanol–water partition coefficient (Wildman–Crippen LogP) is 1.59. The second-order valence-corrected chi connectivity index (χ2v) is 7.38. The van der Waals surface area contributed by atoms with Gasteiger partial charge in [0.05, 0.1) is 26.2 Å². The zero-order chi connectivity index (χ0) is 19.4. The molecule has 0 aromatic heterocycles. The molecule has 5 heteroatoms. The third-order valence-electron chi connectivity index (χ3n) is 5.31. The average molecular weight is 366 g/mol. The number of carbonyl (C=O) groups is 2. The highest BCUT2D eigenvalue weighted by Crippen LogP contribution is 2.17. The molecule has 0 unspecified atom stereocenters. The summed E-state index contributed by atoms with van der Waals surface area (Å²) in [4.78, 5) is 28.1. The number of amides is 2. The van der Waals surface area contributed by atoms with Crippen molar-refractivity contribution in [2.45, 2.75) is 20.8 Å². The van der Waals surface area contributed by atoms with E-state index in [0.717, 1.165) is 35.5 Å². The van der Waals surface area contributed by atoms with Crippen molar-refractivity contribution < 1.29 is 14.5 Å². The van der Waals surface area contributed by atoms with Crippen LogP contribution in [0.4, 0.5) is 5.69 Å². The van der Waals surface area contributed by atoms with Crippen molar-refractivity contribution in [3.05, 3.63) is 64.7 Å². The lowest BCUT2D eigenvalue weighted by molar-refractivity contribution is -0.895. The maximum Gasteiger partial charge on any atom is 0.279 e. The Kier molecular flexibility index (Phi) is 5.91. The first-order valence-electron chi connectivity index (χ1n) is 9.49. The minimum atomic E-state index is 0.0251. The number of hydrogen-bond donors (Lipinski definition) is 2. The zero-order valence-electron chi connectivity index (χ0n) is 16.3. The standard InChI is InChI=1S/C22H27N3O2/c1-16-6-4-8-19(14-16)22(27)25-12-10-24(11-13-25)15-21(26)23-20-9-5-7-17(2)18(20)3/h4-9,14H,10-13,15H2,1-3H3,(H,23,26)/p+1. The van der Waals surface area contributed by atoms with Crippen LogP contribution < -0.4 is 10.2 Å². The average Bonchev–Trinajstić information content (AvgIpc) is 2.65. The molecule has 5 nitrogen and oxygen atoms in total. The van der Waals surface area contributed by atoms with Gasteiger partial charge in [0.1, 0.15) is 0 Å². The summed E-state index contributed by atoms with van der Waals surface area (Å²) in [5.74, 6) is 0.106. The Balaban J connectivity index is 1.51. The summed E-state index contributed by atoms with van der Waals surface area (Å²) < 4.78 is 0. The molecule has 1 heterocycles. The fraction of sp³-hybridized carbons (Fsp3) is 0.364. The van der Waals surface area contributed by atoms with Crippen LogP contribution in [0.1, 0.15) is 27.0 Å². The van der Waals surface area contributed by atoms with Crippen LogP contribution in [0, 0.1) is 20.8 Å². The van der Waals surface area contributed by atoms with Gasteiger partial charge in [-0.3, -0.25) is 9.59 Å². The Morgan fingerprint density at radius 1 is 1.04 bits per heavy atom. The van der Waals surface area contributed by atoms with Crippen LogP contribution in [0.25, 0.3) is 0 Å². The van der Waals surface area contributed by atoms with Crippen LogP contribution >= 0.6 is 0 Å². The Morgan fingerprint density at radius 2 is 1.74 bits per heavy atom. The van der Waals surface area contributed by atoms with Crippen molar-refractivity contribution in [2.75, 3.05) is 38.0 Å². The topological polar surface area (TPSA) is 53.9 Å². The van der Waals surface area contributed by atoms with E-state index in [0.29, 0.717) is 19.6 Å². The Labute approximate surface area is 161 Å². The number of aryl methyl sites for hydroxylation is 2. The Bertz CT molecular complexity index is 839. The molecule has 2 aromatic carbocycles. The normalized spacial score (nSPS) is 14.9. The van der Waals surface area contributed by atoms with E-state index in [9.17, 15) is 9.59 Å². The molecule has 1 aliphatic rings. The van der Waals surface area contributed by atoms with Gasteiger partial charge < -0.3 is 15.1 Å². The van der Waals surface area contributed by atoms with Gasteiger partial charge in [-0.1, -0.05) is 29.8 Å². The van der Waals surface area contributed by atoms with Crippen molar-refractivity contribution >= 4 is 17.5 Å². The number of benzene rings is 2. The molecule has 3 rings (SSSR count). The van der Waals surface area contributed by atoms with E-state index in [2.05, 4.69) is 5.32 Å². The van der Waals surface area contributed by atoms with Crippen LogP contribution in [0.15, 0.2) is 42.5 Å². The van der Waals surface area contributed by atoms with Gasteiger partial charge in [0.25, 0.3) is 11.8 Å². The quantitative estimate of drug-likeness (QED) is 0.864. The minimum Gasteiger partial charge on any atom is -0.327 e. The first kappa shape index (κ1) is 19.1. The number of quaternary nitrogens is 1. The van der Waals surface area contributed by atoms with Crippen molar-refractivity contribution in [3.8, 4) is 0 Å². The maximum atomic E-state index is 12.6. The number of hydrogen-bond acceptors (Lipinski definition) is 2. The highest BCUT2D eigenvalue weighted by atomic mass is 16.2. The number of nitrogens with one attached hydrogen (secondary N) is 2. The smallest absolute Gasteiger partial charge is 0.279 e. The fourth-order valence-corrected chi connectivity index (χ4v) is 3.47. The van der Waals surface area contributed by atoms with E-state index in [-0.39, 0.29) is 11.8 Å². The predicted molar refractivity (Wildman–Crippen MR) is 107 cm³/mol. The zero-order valence-corrected chi connectivity index (χ0v) is 16.3. The SMILES string of the molecule is Cc1cccc(C(=O)N2CC[NH+](CC(=O)Nc3cccc(C)c3C)CC2)c1. The summed E-state index contributed by atoms with van der Waals surface area (Å²) in [6.45, 7) is 9.43. The largest absolute Gasteiger partial charge is 0.327 e. The number of nitrogens with zero attached hydrogens (tertiary/aromatic N) is 1. The van der Waals surface area contributed by atoms with Gasteiger partial charge in [-0.05, 0) is 50.1 Å². The van der Waals surface area contributed by atoms with Crippen LogP contribution in [-0.2, 0) is 4.79 Å². The van der Waals surface area contributed by atoms with E-state index >= 15 is 0 Å². The van der Waals surface area contributed by atoms with E-state index < -0.39 is 0 Å². The molecular formula is C22H28N3O2+. The van der Waals surface area contributed by atoms with Gasteiger partial charge in [-0.2, -0.15) is 0 Å². The van der Waals surface area contributed by atoms with E-state index in [1.807, 2.05) is 68.1 Å². The molecule has 1 saturated heterocycles. The number of carbonyl (C=O) groups excluding carboxylic acids is 2. The summed E-state index contributed by atoms with van der Waals surface area (Å²) in [5.41, 5.74) is 4.99. The highest BCUT2D eigenvalue weighted by molar-refractivity contribution is 5.94. The first-order valence-corrected chi connectivity index (χ1v) is 9.49. The van der Waals surface area contributed by atoms with Crippen molar-refractivity contribution in [1.29, 1.82) is 0 Å². The van der Waals surface area contributed by atoms with Gasteiger partial charge in [-0.25, -0.2) is 0 Å². The summed E-state index contributed by atoms with van der Waals surface area (Å²) in [6.07, 6.45) is 0. The fourth-order valence-electron chi connectivity index (χ4n) is 3.47. The van der Waals surface area contributed by atoms with Crippen LogP contribution in [0.5, 0.6) is 0 Å². The first-order chi connectivity index (χ1) is 12.9. The molecule has 27 heavy (non-hydrogen) atoms. The lowest BCUT2D eigenvalue weighted by atomic mass is 10.1. The summed E-state index contributed by atoms with van der Waals surface area (Å²) in [7, 11) is 0. The summed E-state index contributed by atoms with van der Waals surface area (Å²) >= 11 is 0. The van der Waals surface area contributed by atoms with Crippen molar-refractivity contribution in [2.24, 2.45) is 0 Å². The van der Waals surface area contributed by atoms with Gasteiger partial charge in [0.2, 0.25) is 0 Å². The van der Waals surface area contributed by atoms with Gasteiger partial charge in [0, 0.05) is 11.3 Å². The lowest BCUT2D eigenvalue weighted by Crippen LogP contribution is -3.15. The van der Waals surface area contributed by atoms with E-state index in [1.165, 1.54) is 10.5 Å². The summed E-state index contributed by atoms with van der Waals surface area (Å²) in [5, 5.41) is 3.02. The molecule has 142 valence electrons. The molecule has 0 spiro atoms. The maximum absolute atomic E-state index is 12.6. The number of piperazine rings is 1. The van der Waals surface area contributed by atoms with Gasteiger partial charge >= 0.3 is 0 Å². The number of rotatable bonds is 4.